The number of rotatable bonds is 5. The van der Waals surface area contributed by atoms with E-state index in [1.165, 1.54) is 11.3 Å². The fourth-order valence-corrected chi connectivity index (χ4v) is 7.81. The minimum Gasteiger partial charge on any atom is -0.482 e. The number of anilines is 4. The van der Waals surface area contributed by atoms with Gasteiger partial charge in [0, 0.05) is 54.7 Å². The summed E-state index contributed by atoms with van der Waals surface area (Å²) in [5.74, 6) is 0.533. The molecule has 0 spiro atoms. The summed E-state index contributed by atoms with van der Waals surface area (Å²) in [5.41, 5.74) is 3.20. The number of nitrogens with zero attached hydrogens (tertiary/aromatic N) is 7. The Morgan fingerprint density at radius 1 is 1.04 bits per heavy atom. The maximum absolute atomic E-state index is 13.7. The number of ether oxygens (including phenoxy) is 2. The second-order valence-corrected chi connectivity index (χ2v) is 13.4. The smallest absolute Gasteiger partial charge is 0.350 e. The van der Waals surface area contributed by atoms with Gasteiger partial charge in [0.2, 0.25) is 5.95 Å². The van der Waals surface area contributed by atoms with Gasteiger partial charge in [-0.15, -0.1) is 11.3 Å². The van der Waals surface area contributed by atoms with Gasteiger partial charge < -0.3 is 29.5 Å². The molecular formula is C35H36N8O5S. The first-order chi connectivity index (χ1) is 23.9. The molecule has 13 nitrogen and oxygen atoms in total. The molecule has 6 heterocycles. The molecule has 2 bridgehead atoms. The van der Waals surface area contributed by atoms with Crippen LogP contribution in [0.2, 0.25) is 0 Å². The van der Waals surface area contributed by atoms with E-state index in [-0.39, 0.29) is 24.0 Å². The molecule has 1 saturated heterocycles. The van der Waals surface area contributed by atoms with E-state index in [4.69, 9.17) is 14.5 Å². The summed E-state index contributed by atoms with van der Waals surface area (Å²) >= 11 is 1.44. The Labute approximate surface area is 285 Å². The van der Waals surface area contributed by atoms with Gasteiger partial charge in [-0.2, -0.15) is 4.98 Å². The summed E-state index contributed by atoms with van der Waals surface area (Å²) in [4.78, 5) is 56.0. The minimum atomic E-state index is -0.314. The van der Waals surface area contributed by atoms with Crippen LogP contribution in [0.15, 0.2) is 59.5 Å². The molecule has 0 aliphatic carbocycles. The molecule has 2 aromatic carbocycles. The van der Waals surface area contributed by atoms with Crippen molar-refractivity contribution in [2.75, 3.05) is 68.1 Å². The number of benzene rings is 2. The number of thiophene rings is 1. The largest absolute Gasteiger partial charge is 0.482 e. The molecule has 1 fully saturated rings. The van der Waals surface area contributed by atoms with Gasteiger partial charge in [-0.3, -0.25) is 9.59 Å². The molecule has 49 heavy (non-hydrogen) atoms. The fraction of sp³-hybridized carbons (Fsp3) is 0.343. The van der Waals surface area contributed by atoms with Crippen LogP contribution in [0, 0.1) is 0 Å². The van der Waals surface area contributed by atoms with Gasteiger partial charge in [0.25, 0.3) is 11.5 Å². The van der Waals surface area contributed by atoms with Gasteiger partial charge in [-0.25, -0.2) is 19.1 Å². The molecule has 14 heteroatoms. The zero-order valence-electron chi connectivity index (χ0n) is 27.3. The number of hydrogen-bond acceptors (Lipinski definition) is 11. The number of fused-ring (bicyclic) bond motifs is 6. The Morgan fingerprint density at radius 2 is 1.90 bits per heavy atom. The van der Waals surface area contributed by atoms with E-state index in [9.17, 15) is 14.4 Å². The van der Waals surface area contributed by atoms with E-state index >= 15 is 0 Å². The Kier molecular flexibility index (Phi) is 8.04. The van der Waals surface area contributed by atoms with E-state index in [0.29, 0.717) is 58.7 Å². The molecule has 0 radical (unpaired) electrons. The first-order valence-corrected chi connectivity index (χ1v) is 17.4. The average molecular weight is 681 g/mol. The second kappa shape index (κ2) is 12.7. The van der Waals surface area contributed by atoms with Crippen LogP contribution in [-0.2, 0) is 16.1 Å². The highest BCUT2D eigenvalue weighted by atomic mass is 32.1. The molecule has 5 aromatic rings. The highest BCUT2D eigenvalue weighted by Gasteiger charge is 2.28. The van der Waals surface area contributed by atoms with Crippen LogP contribution in [0.1, 0.15) is 29.4 Å². The molecule has 3 aromatic heterocycles. The number of hydrogen-bond donors (Lipinski definition) is 1. The molecule has 0 unspecified atom stereocenters. The Balaban J connectivity index is 1.21. The lowest BCUT2D eigenvalue weighted by Gasteiger charge is -2.34. The lowest BCUT2D eigenvalue weighted by atomic mass is 10.1. The molecule has 252 valence electrons. The molecule has 1 amide bonds. The molecule has 0 atom stereocenters. The third-order valence-corrected chi connectivity index (χ3v) is 10.3. The standard InChI is InChI=1S/C35H36N8O5S/c1-3-47-34(46)31-30(40-16-14-39(2)15-17-40)24-18-22(8-11-28(24)49-31)37-35-36-20-25-32(38-35)43-23-9-10-27-26(19-23)41(29(44)21-48-27)12-6-4-5-7-13-42(43)33(25)45/h5,7-11,18-20H,3-4,6,12-17,21H2,1-2H3,(H,36,37,38). The second-order valence-electron chi connectivity index (χ2n) is 12.4. The van der Waals surface area contributed by atoms with Crippen molar-refractivity contribution in [2.24, 2.45) is 0 Å². The Bertz CT molecular complexity index is 2200. The summed E-state index contributed by atoms with van der Waals surface area (Å²) in [7, 11) is 2.10. The van der Waals surface area contributed by atoms with Crippen molar-refractivity contribution < 1.29 is 19.1 Å². The van der Waals surface area contributed by atoms with Crippen LogP contribution < -0.4 is 25.4 Å². The van der Waals surface area contributed by atoms with E-state index in [1.807, 2.05) is 55.5 Å². The molecule has 3 aliphatic rings. The van der Waals surface area contributed by atoms with Crippen LogP contribution >= 0.6 is 11.3 Å². The average Bonchev–Trinajstić information content (AvgIpc) is 3.61. The molecule has 0 saturated carbocycles. The highest BCUT2D eigenvalue weighted by Crippen LogP contribution is 2.41. The quantitative estimate of drug-likeness (QED) is 0.209. The third kappa shape index (κ3) is 5.60. The highest BCUT2D eigenvalue weighted by molar-refractivity contribution is 7.21. The van der Waals surface area contributed by atoms with E-state index in [2.05, 4.69) is 27.1 Å². The lowest BCUT2D eigenvalue weighted by Crippen LogP contribution is -2.44. The van der Waals surface area contributed by atoms with Gasteiger partial charge in [0.05, 0.1) is 30.2 Å². The predicted octanol–water partition coefficient (Wildman–Crippen LogP) is 4.54. The topological polar surface area (TPSA) is 127 Å². The van der Waals surface area contributed by atoms with Crippen LogP contribution in [0.3, 0.4) is 0 Å². The van der Waals surface area contributed by atoms with E-state index in [0.717, 1.165) is 60.5 Å². The number of carbonyl (C=O) groups is 2. The number of nitrogens with one attached hydrogen (secondary N) is 1. The third-order valence-electron chi connectivity index (χ3n) is 9.20. The maximum Gasteiger partial charge on any atom is 0.350 e. The van der Waals surface area contributed by atoms with Gasteiger partial charge in [-0.1, -0.05) is 12.2 Å². The first-order valence-electron chi connectivity index (χ1n) is 16.5. The maximum atomic E-state index is 13.7. The Morgan fingerprint density at radius 3 is 2.73 bits per heavy atom. The normalized spacial score (nSPS) is 16.7. The van der Waals surface area contributed by atoms with Crippen molar-refractivity contribution >= 4 is 67.3 Å². The van der Waals surface area contributed by atoms with Crippen molar-refractivity contribution in [1.29, 1.82) is 0 Å². The molecule has 1 N–H and O–H groups in total. The summed E-state index contributed by atoms with van der Waals surface area (Å²) in [5, 5.41) is 4.68. The summed E-state index contributed by atoms with van der Waals surface area (Å²) < 4.78 is 15.6. The van der Waals surface area contributed by atoms with Gasteiger partial charge in [-0.05, 0) is 63.2 Å². The zero-order chi connectivity index (χ0) is 33.6. The van der Waals surface area contributed by atoms with Crippen molar-refractivity contribution in [3.8, 4) is 11.4 Å². The lowest BCUT2D eigenvalue weighted by molar-refractivity contribution is -0.121. The number of carbonyl (C=O) groups excluding carboxylic acids is 2. The number of likely N-dealkylation sites (N-methyl/N-ethyl adjacent to an activating group) is 1. The van der Waals surface area contributed by atoms with Gasteiger partial charge >= 0.3 is 5.97 Å². The number of piperazine rings is 1. The number of amides is 1. The summed E-state index contributed by atoms with van der Waals surface area (Å²) in [6.07, 6.45) is 7.13. The van der Waals surface area contributed by atoms with Crippen molar-refractivity contribution in [1.82, 2.24) is 24.2 Å². The van der Waals surface area contributed by atoms with Crippen molar-refractivity contribution in [2.45, 2.75) is 26.3 Å². The number of allylic oxidation sites excluding steroid dienone is 2. The van der Waals surface area contributed by atoms with Crippen molar-refractivity contribution in [3.63, 3.8) is 0 Å². The summed E-state index contributed by atoms with van der Waals surface area (Å²) in [6, 6.07) is 11.5. The zero-order valence-corrected chi connectivity index (χ0v) is 28.2. The van der Waals surface area contributed by atoms with Crippen LogP contribution in [-0.4, -0.2) is 89.1 Å². The number of esters is 1. The van der Waals surface area contributed by atoms with Crippen molar-refractivity contribution in [3.05, 3.63) is 70.0 Å². The summed E-state index contributed by atoms with van der Waals surface area (Å²) in [6.45, 7) is 6.44. The van der Waals surface area contributed by atoms with Crippen LogP contribution in [0.5, 0.6) is 5.75 Å². The molecule has 3 aliphatic heterocycles. The first kappa shape index (κ1) is 31.1. The monoisotopic (exact) mass is 680 g/mol. The minimum absolute atomic E-state index is 0.000221. The SMILES string of the molecule is CCOC(=O)c1sc2ccc(Nc3ncc4c(=O)n5n(c4n3)-c3ccc4c(c3)N(CCCC=CC5)C(=O)CO4)cc2c1N1CCN(C)CC1. The number of aromatic nitrogens is 4. The van der Waals surface area contributed by atoms with Crippen LogP contribution in [0.4, 0.5) is 23.0 Å². The van der Waals surface area contributed by atoms with Gasteiger partial charge in [0.1, 0.15) is 16.0 Å². The predicted molar refractivity (Wildman–Crippen MR) is 190 cm³/mol. The van der Waals surface area contributed by atoms with Crippen LogP contribution in [0.25, 0.3) is 26.8 Å². The fourth-order valence-electron chi connectivity index (χ4n) is 6.71. The van der Waals surface area contributed by atoms with E-state index in [1.54, 1.807) is 20.5 Å². The molecular weight excluding hydrogens is 645 g/mol. The van der Waals surface area contributed by atoms with E-state index < -0.39 is 0 Å². The Hall–Kier alpha value is -5.21. The molecule has 8 rings (SSSR count). The van der Waals surface area contributed by atoms with Gasteiger partial charge in [0.15, 0.2) is 12.3 Å².